The number of piperazine rings is 2. The molecule has 3 aliphatic heterocycles. The third-order valence-corrected chi connectivity index (χ3v) is 14.2. The molecule has 24 heteroatoms. The number of hydrogen-bond acceptors (Lipinski definition) is 13. The number of piperidine rings is 1. The van der Waals surface area contributed by atoms with Crippen LogP contribution in [-0.2, 0) is 35.9 Å². The number of ketones is 1. The highest BCUT2D eigenvalue weighted by atomic mass is 32.2. The van der Waals surface area contributed by atoms with Crippen molar-refractivity contribution in [1.82, 2.24) is 34.0 Å². The molecular weight excluding hydrogens is 960 g/mol. The maximum absolute atomic E-state index is 16.0. The zero-order chi connectivity index (χ0) is 50.8. The number of nitrogens with one attached hydrogen (secondary N) is 3. The van der Waals surface area contributed by atoms with Crippen molar-refractivity contribution in [3.8, 4) is 11.1 Å². The van der Waals surface area contributed by atoms with Gasteiger partial charge in [-0.1, -0.05) is 37.3 Å². The predicted molar refractivity (Wildman–Crippen MR) is 250 cm³/mol. The van der Waals surface area contributed by atoms with Gasteiger partial charge >= 0.3 is 22.4 Å². The minimum absolute atomic E-state index is 0.00315. The van der Waals surface area contributed by atoms with Gasteiger partial charge in [-0.15, -0.1) is 0 Å². The fourth-order valence-electron chi connectivity index (χ4n) is 8.60. The molecular formula is C47H49F5N10O8S. The van der Waals surface area contributed by atoms with Crippen molar-refractivity contribution in [1.29, 1.82) is 0 Å². The number of carbonyl (C=O) groups is 5. The van der Waals surface area contributed by atoms with E-state index in [1.165, 1.54) is 26.2 Å². The fraction of sp³-hybridized carbons (Fsp3) is 0.362. The van der Waals surface area contributed by atoms with Crippen LogP contribution < -0.4 is 25.1 Å². The van der Waals surface area contributed by atoms with Crippen molar-refractivity contribution in [2.45, 2.75) is 38.5 Å². The Labute approximate surface area is 404 Å². The Morgan fingerprint density at radius 2 is 1.63 bits per heavy atom. The molecule has 0 spiro atoms. The first-order valence-corrected chi connectivity index (χ1v) is 24.1. The Kier molecular flexibility index (Phi) is 14.7. The number of nitrogens with zero attached hydrogens (tertiary/aromatic N) is 7. The van der Waals surface area contributed by atoms with Crippen LogP contribution in [0, 0.1) is 11.6 Å². The number of rotatable bonds is 15. The van der Waals surface area contributed by atoms with Crippen molar-refractivity contribution in [3.63, 3.8) is 0 Å². The van der Waals surface area contributed by atoms with Crippen LogP contribution in [0.1, 0.15) is 41.3 Å². The summed E-state index contributed by atoms with van der Waals surface area (Å²) in [7, 11) is -3.15. The summed E-state index contributed by atoms with van der Waals surface area (Å²) >= 11 is 0. The van der Waals surface area contributed by atoms with Gasteiger partial charge in [-0.3, -0.25) is 39.0 Å². The summed E-state index contributed by atoms with van der Waals surface area (Å²) < 4.78 is 99.9. The molecule has 376 valence electrons. The van der Waals surface area contributed by atoms with Gasteiger partial charge < -0.3 is 20.0 Å². The molecule has 1 atom stereocenters. The lowest BCUT2D eigenvalue weighted by atomic mass is 9.97. The summed E-state index contributed by atoms with van der Waals surface area (Å²) in [6.45, 7) is 6.81. The summed E-state index contributed by atoms with van der Waals surface area (Å²) in [4.78, 5) is 80.5. The zero-order valence-electron chi connectivity index (χ0n) is 38.5. The molecule has 0 aliphatic carbocycles. The molecule has 0 saturated carbocycles. The van der Waals surface area contributed by atoms with Crippen LogP contribution >= 0.6 is 0 Å². The molecule has 8 rings (SSSR count). The van der Waals surface area contributed by atoms with E-state index in [1.54, 1.807) is 18.2 Å². The second-order valence-electron chi connectivity index (χ2n) is 17.3. The van der Waals surface area contributed by atoms with Gasteiger partial charge in [0.2, 0.25) is 23.5 Å². The summed E-state index contributed by atoms with van der Waals surface area (Å²) in [6, 6.07) is 17.2. The molecule has 3 aromatic carbocycles. The summed E-state index contributed by atoms with van der Waals surface area (Å²) in [5, 5.41) is 5.34. The van der Waals surface area contributed by atoms with E-state index in [1.807, 2.05) is 40.0 Å². The predicted octanol–water partition coefficient (Wildman–Crippen LogP) is 4.02. The third kappa shape index (κ3) is 11.3. The van der Waals surface area contributed by atoms with E-state index in [4.69, 9.17) is 0 Å². The van der Waals surface area contributed by atoms with Crippen LogP contribution in [0.15, 0.2) is 79.1 Å². The van der Waals surface area contributed by atoms with Crippen molar-refractivity contribution in [3.05, 3.63) is 107 Å². The summed E-state index contributed by atoms with van der Waals surface area (Å²) in [5.41, 5.74) is 0.356. The standard InChI is InChI=1S/C47H49F5N10O8S/c1-3-57(2)71(68,69)56-37-12-11-36(48)41(42(37)49)43(65)35-27-62(70-46(67)47(50,51)52)44-34(35)23-30(25-53-44)33-10-5-4-7-29(33)26-58-17-21-61(22-18-58)40(64)28-59-15-19-60(20-16-59)32-9-6-8-31(24-32)54-38-13-14-39(63)55-45(38)66/h4-12,23-25,27,38,54,56H,3,13-22,26,28H2,1-2H3,(H,55,63,66). The Morgan fingerprint density at radius 3 is 2.34 bits per heavy atom. The number of halogens is 5. The van der Waals surface area contributed by atoms with E-state index in [9.17, 15) is 45.6 Å². The first kappa shape index (κ1) is 50.4. The molecule has 3 saturated heterocycles. The van der Waals surface area contributed by atoms with Crippen LogP contribution in [0.3, 0.4) is 0 Å². The van der Waals surface area contributed by atoms with Gasteiger partial charge in [-0.05, 0) is 53.9 Å². The van der Waals surface area contributed by atoms with Gasteiger partial charge in [0.05, 0.1) is 29.6 Å². The Morgan fingerprint density at radius 1 is 0.915 bits per heavy atom. The summed E-state index contributed by atoms with van der Waals surface area (Å²) in [5.74, 6) is -7.71. The van der Waals surface area contributed by atoms with Gasteiger partial charge in [0, 0.05) is 107 Å². The smallest absolute Gasteiger partial charge is 0.374 e. The van der Waals surface area contributed by atoms with Crippen LogP contribution in [0.4, 0.5) is 39.0 Å². The van der Waals surface area contributed by atoms with E-state index in [2.05, 4.69) is 35.2 Å². The Balaban J connectivity index is 0.932. The van der Waals surface area contributed by atoms with Gasteiger partial charge in [-0.25, -0.2) is 18.6 Å². The quantitative estimate of drug-likeness (QED) is 0.0773. The normalized spacial score (nSPS) is 17.4. The molecule has 3 N–H and O–H groups in total. The fourth-order valence-corrected chi connectivity index (χ4v) is 9.53. The van der Waals surface area contributed by atoms with E-state index < -0.39 is 68.3 Å². The molecule has 3 aliphatic rings. The molecule has 1 unspecified atom stereocenters. The molecule has 2 aromatic heterocycles. The second-order valence-corrected chi connectivity index (χ2v) is 19.0. The van der Waals surface area contributed by atoms with Crippen molar-refractivity contribution in [2.24, 2.45) is 0 Å². The number of pyridine rings is 1. The van der Waals surface area contributed by atoms with E-state index in [0.29, 0.717) is 88.7 Å². The van der Waals surface area contributed by atoms with Crippen molar-refractivity contribution < 1.29 is 59.2 Å². The van der Waals surface area contributed by atoms with Crippen LogP contribution in [-0.4, -0.2) is 151 Å². The van der Waals surface area contributed by atoms with Gasteiger partial charge in [0.1, 0.15) is 11.9 Å². The highest BCUT2D eigenvalue weighted by Crippen LogP contribution is 2.33. The van der Waals surface area contributed by atoms with Gasteiger partial charge in [0.25, 0.3) is 0 Å². The third-order valence-electron chi connectivity index (χ3n) is 12.7. The number of alkyl halides is 3. The van der Waals surface area contributed by atoms with E-state index in [0.717, 1.165) is 27.3 Å². The Hall–Kier alpha value is -7.02. The number of fused-ring (bicyclic) bond motifs is 1. The SMILES string of the molecule is CCN(C)S(=O)(=O)Nc1ccc(F)c(C(=O)c2cn(OC(=O)C(F)(F)F)c3ncc(-c4ccccc4CN4CCN(C(=O)CN5CCN(c6cccc(NC7CCC(=O)NC7=O)c6)CC5)CC4)cc23)c1F. The summed E-state index contributed by atoms with van der Waals surface area (Å²) in [6.07, 6.45) is -2.85. The minimum Gasteiger partial charge on any atom is -0.374 e. The lowest BCUT2D eigenvalue weighted by molar-refractivity contribution is -0.199. The van der Waals surface area contributed by atoms with Crippen LogP contribution in [0.5, 0.6) is 0 Å². The van der Waals surface area contributed by atoms with Gasteiger partial charge in [0.15, 0.2) is 11.5 Å². The lowest BCUT2D eigenvalue weighted by Crippen LogP contribution is -2.53. The number of anilines is 3. The molecule has 3 fully saturated rings. The number of amides is 3. The van der Waals surface area contributed by atoms with Gasteiger partial charge in [-0.2, -0.15) is 30.6 Å². The lowest BCUT2D eigenvalue weighted by Gasteiger charge is -2.38. The number of hydrogen-bond donors (Lipinski definition) is 3. The topological polar surface area (TPSA) is 199 Å². The van der Waals surface area contributed by atoms with Crippen molar-refractivity contribution in [2.75, 3.05) is 87.4 Å². The number of imide groups is 1. The Bertz CT molecular complexity index is 2990. The van der Waals surface area contributed by atoms with Crippen LogP contribution in [0.25, 0.3) is 22.2 Å². The molecule has 18 nitrogen and oxygen atoms in total. The number of aromatic nitrogens is 2. The maximum atomic E-state index is 16.0. The molecule has 3 amide bonds. The zero-order valence-corrected chi connectivity index (χ0v) is 39.3. The molecule has 0 bridgehead atoms. The monoisotopic (exact) mass is 1010 g/mol. The highest BCUT2D eigenvalue weighted by Gasteiger charge is 2.42. The molecule has 71 heavy (non-hydrogen) atoms. The second kappa shape index (κ2) is 20.8. The highest BCUT2D eigenvalue weighted by molar-refractivity contribution is 7.90. The number of benzene rings is 3. The first-order valence-electron chi connectivity index (χ1n) is 22.6. The van der Waals surface area contributed by atoms with E-state index >= 15 is 8.78 Å². The van der Waals surface area contributed by atoms with Crippen molar-refractivity contribution >= 4 is 67.8 Å². The molecule has 5 heterocycles. The molecule has 5 aromatic rings. The minimum atomic E-state index is -5.47. The maximum Gasteiger partial charge on any atom is 0.493 e. The average molecular weight is 1010 g/mol. The van der Waals surface area contributed by atoms with Crippen LogP contribution in [0.2, 0.25) is 0 Å². The number of carbonyl (C=O) groups excluding carboxylic acids is 5. The average Bonchev–Trinajstić information content (AvgIpc) is 3.70. The first-order chi connectivity index (χ1) is 33.8. The largest absolute Gasteiger partial charge is 0.493 e. The van der Waals surface area contributed by atoms with E-state index in [-0.39, 0.29) is 47.3 Å². The molecule has 0 radical (unpaired) electrons.